The second-order valence-corrected chi connectivity index (χ2v) is 9.88. The average Bonchev–Trinajstić information content (AvgIpc) is 3.15. The molecule has 0 atom stereocenters. The van der Waals surface area contributed by atoms with E-state index in [-0.39, 0.29) is 23.4 Å². The van der Waals surface area contributed by atoms with Crippen LogP contribution in [0.15, 0.2) is 24.3 Å². The van der Waals surface area contributed by atoms with Gasteiger partial charge in [-0.3, -0.25) is 9.59 Å². The molecule has 9 heteroatoms. The summed E-state index contributed by atoms with van der Waals surface area (Å²) in [6.45, 7) is 1.96. The van der Waals surface area contributed by atoms with Gasteiger partial charge in [0.2, 0.25) is 0 Å². The summed E-state index contributed by atoms with van der Waals surface area (Å²) in [4.78, 5) is 25.0. The third kappa shape index (κ3) is 4.19. The van der Waals surface area contributed by atoms with Gasteiger partial charge >= 0.3 is 11.8 Å². The molecule has 154 valence electrons. The van der Waals surface area contributed by atoms with E-state index >= 15 is 0 Å². The largest absolute Gasteiger partial charge is 0.345 e. The second-order valence-electron chi connectivity index (χ2n) is 7.82. The van der Waals surface area contributed by atoms with Crippen LogP contribution in [0.2, 0.25) is 0 Å². The van der Waals surface area contributed by atoms with Gasteiger partial charge in [0.05, 0.1) is 22.9 Å². The van der Waals surface area contributed by atoms with E-state index in [2.05, 4.69) is 15.7 Å². The SMILES string of the molecule is Cc1ccc(-n2nc3c(c2NC(=O)C(=O)NC2CCCCC2)CS(=O)(=O)C3)cc1. The molecular weight excluding hydrogens is 392 g/mol. The molecule has 2 aromatic rings. The molecule has 1 aliphatic carbocycles. The molecule has 1 fully saturated rings. The number of carbonyl (C=O) groups is 2. The molecule has 4 rings (SSSR count). The molecule has 29 heavy (non-hydrogen) atoms. The first-order valence-electron chi connectivity index (χ1n) is 9.82. The third-order valence-electron chi connectivity index (χ3n) is 5.44. The highest BCUT2D eigenvalue weighted by atomic mass is 32.2. The Hall–Kier alpha value is -2.68. The van der Waals surface area contributed by atoms with Crippen molar-refractivity contribution < 1.29 is 18.0 Å². The maximum absolute atomic E-state index is 12.6. The van der Waals surface area contributed by atoms with E-state index in [9.17, 15) is 18.0 Å². The number of fused-ring (bicyclic) bond motifs is 1. The van der Waals surface area contributed by atoms with Crippen LogP contribution in [0.25, 0.3) is 5.69 Å². The van der Waals surface area contributed by atoms with E-state index in [4.69, 9.17) is 0 Å². The molecule has 1 aliphatic heterocycles. The molecule has 0 bridgehead atoms. The molecule has 2 amide bonds. The lowest BCUT2D eigenvalue weighted by Crippen LogP contribution is -2.42. The van der Waals surface area contributed by atoms with E-state index < -0.39 is 21.7 Å². The van der Waals surface area contributed by atoms with Crippen LogP contribution < -0.4 is 10.6 Å². The number of anilines is 1. The highest BCUT2D eigenvalue weighted by Gasteiger charge is 2.34. The summed E-state index contributed by atoms with van der Waals surface area (Å²) in [5.41, 5.74) is 2.61. The standard InChI is InChI=1S/C20H24N4O4S/c1-13-7-9-15(10-8-13)24-18(16-11-29(27,28)12-17(16)23-24)22-20(26)19(25)21-14-5-3-2-4-6-14/h7-10,14H,2-6,11-12H2,1H3,(H,21,25)(H,22,26). The van der Waals surface area contributed by atoms with Gasteiger partial charge in [0.1, 0.15) is 5.82 Å². The highest BCUT2D eigenvalue weighted by molar-refractivity contribution is 7.90. The van der Waals surface area contributed by atoms with Crippen molar-refractivity contribution in [2.75, 3.05) is 5.32 Å². The molecule has 0 saturated heterocycles. The van der Waals surface area contributed by atoms with Gasteiger partial charge in [0.15, 0.2) is 9.84 Å². The van der Waals surface area contributed by atoms with Gasteiger partial charge in [-0.1, -0.05) is 37.0 Å². The Labute approximate surface area is 169 Å². The van der Waals surface area contributed by atoms with Crippen LogP contribution in [0.3, 0.4) is 0 Å². The van der Waals surface area contributed by atoms with E-state index in [0.29, 0.717) is 16.9 Å². The molecular formula is C20H24N4O4S. The molecule has 1 saturated carbocycles. The van der Waals surface area contributed by atoms with Gasteiger partial charge in [0, 0.05) is 11.6 Å². The number of benzene rings is 1. The lowest BCUT2D eigenvalue weighted by Gasteiger charge is -2.22. The van der Waals surface area contributed by atoms with E-state index in [1.807, 2.05) is 31.2 Å². The Morgan fingerprint density at radius 1 is 1.03 bits per heavy atom. The number of hydrogen-bond acceptors (Lipinski definition) is 5. The van der Waals surface area contributed by atoms with Crippen LogP contribution in [-0.2, 0) is 30.9 Å². The predicted molar refractivity (Wildman–Crippen MR) is 108 cm³/mol. The van der Waals surface area contributed by atoms with Crippen LogP contribution in [0.4, 0.5) is 5.82 Å². The minimum Gasteiger partial charge on any atom is -0.345 e. The van der Waals surface area contributed by atoms with Crippen LogP contribution >= 0.6 is 0 Å². The first kappa shape index (κ1) is 19.6. The molecule has 0 spiro atoms. The van der Waals surface area contributed by atoms with Crippen molar-refractivity contribution in [2.45, 2.75) is 56.6 Å². The van der Waals surface area contributed by atoms with Crippen LogP contribution in [-0.4, -0.2) is 36.1 Å². The summed E-state index contributed by atoms with van der Waals surface area (Å²) in [5, 5.41) is 9.80. The van der Waals surface area contributed by atoms with Gasteiger partial charge in [-0.05, 0) is 31.9 Å². The Kier molecular flexibility index (Phi) is 5.16. The molecule has 8 nitrogen and oxygen atoms in total. The molecule has 2 aliphatic rings. The maximum Gasteiger partial charge on any atom is 0.314 e. The fourth-order valence-corrected chi connectivity index (χ4v) is 5.40. The Bertz CT molecular complexity index is 1050. The number of sulfone groups is 1. The Morgan fingerprint density at radius 2 is 1.72 bits per heavy atom. The van der Waals surface area contributed by atoms with Crippen molar-refractivity contribution in [3.63, 3.8) is 0 Å². The van der Waals surface area contributed by atoms with E-state index in [1.54, 1.807) is 0 Å². The maximum atomic E-state index is 12.6. The number of carbonyl (C=O) groups excluding carboxylic acids is 2. The first-order chi connectivity index (χ1) is 13.8. The highest BCUT2D eigenvalue weighted by Crippen LogP contribution is 2.33. The normalized spacial score (nSPS) is 18.2. The number of amides is 2. The zero-order chi connectivity index (χ0) is 20.6. The lowest BCUT2D eigenvalue weighted by atomic mass is 9.95. The lowest BCUT2D eigenvalue weighted by molar-refractivity contribution is -0.136. The third-order valence-corrected chi connectivity index (χ3v) is 6.89. The number of nitrogens with one attached hydrogen (secondary N) is 2. The minimum atomic E-state index is -3.30. The number of nitrogens with zero attached hydrogens (tertiary/aromatic N) is 2. The summed E-state index contributed by atoms with van der Waals surface area (Å²) in [7, 11) is -3.30. The number of aromatic nitrogens is 2. The molecule has 2 N–H and O–H groups in total. The Balaban J connectivity index is 1.60. The van der Waals surface area contributed by atoms with Crippen molar-refractivity contribution in [3.05, 3.63) is 41.1 Å². The van der Waals surface area contributed by atoms with Crippen molar-refractivity contribution in [1.29, 1.82) is 0 Å². The van der Waals surface area contributed by atoms with Crippen molar-refractivity contribution in [1.82, 2.24) is 15.1 Å². The van der Waals surface area contributed by atoms with E-state index in [1.165, 1.54) is 4.68 Å². The topological polar surface area (TPSA) is 110 Å². The van der Waals surface area contributed by atoms with Gasteiger partial charge < -0.3 is 10.6 Å². The fourth-order valence-electron chi connectivity index (χ4n) is 3.91. The molecule has 0 unspecified atom stereocenters. The monoisotopic (exact) mass is 416 g/mol. The second kappa shape index (κ2) is 7.62. The van der Waals surface area contributed by atoms with Crippen LogP contribution in [0, 0.1) is 6.92 Å². The molecule has 1 aromatic carbocycles. The van der Waals surface area contributed by atoms with E-state index in [0.717, 1.165) is 37.7 Å². The average molecular weight is 417 g/mol. The van der Waals surface area contributed by atoms with Gasteiger partial charge in [-0.25, -0.2) is 13.1 Å². The predicted octanol–water partition coefficient (Wildman–Crippen LogP) is 2.00. The van der Waals surface area contributed by atoms with Crippen LogP contribution in [0.1, 0.15) is 48.9 Å². The molecule has 1 aromatic heterocycles. The molecule has 2 heterocycles. The molecule has 0 radical (unpaired) electrons. The fraction of sp³-hybridized carbons (Fsp3) is 0.450. The van der Waals surface area contributed by atoms with Crippen molar-refractivity contribution in [3.8, 4) is 5.69 Å². The van der Waals surface area contributed by atoms with Crippen LogP contribution in [0.5, 0.6) is 0 Å². The zero-order valence-corrected chi connectivity index (χ0v) is 17.1. The number of hydrogen-bond donors (Lipinski definition) is 2. The van der Waals surface area contributed by atoms with Crippen molar-refractivity contribution >= 4 is 27.5 Å². The Morgan fingerprint density at radius 3 is 2.41 bits per heavy atom. The van der Waals surface area contributed by atoms with Gasteiger partial charge in [0.25, 0.3) is 0 Å². The summed E-state index contributed by atoms with van der Waals surface area (Å²) in [6, 6.07) is 7.49. The minimum absolute atomic E-state index is 0.00935. The zero-order valence-electron chi connectivity index (χ0n) is 16.3. The van der Waals surface area contributed by atoms with Gasteiger partial charge in [-0.2, -0.15) is 5.10 Å². The smallest absolute Gasteiger partial charge is 0.314 e. The van der Waals surface area contributed by atoms with Gasteiger partial charge in [-0.15, -0.1) is 0 Å². The summed E-state index contributed by atoms with van der Waals surface area (Å²) in [6.07, 6.45) is 4.97. The number of aryl methyl sites for hydroxylation is 1. The summed E-state index contributed by atoms with van der Waals surface area (Å²) in [5.74, 6) is -1.64. The quantitative estimate of drug-likeness (QED) is 0.744. The summed E-state index contributed by atoms with van der Waals surface area (Å²) < 4.78 is 25.6. The number of rotatable bonds is 3. The summed E-state index contributed by atoms with van der Waals surface area (Å²) >= 11 is 0. The van der Waals surface area contributed by atoms with Crippen molar-refractivity contribution in [2.24, 2.45) is 0 Å². The first-order valence-corrected chi connectivity index (χ1v) is 11.6.